The smallest absolute Gasteiger partial charge is 0.321 e. The number of carbonyl (C=O) groups excluding carboxylic acids is 4. The second kappa shape index (κ2) is 9.84. The van der Waals surface area contributed by atoms with Gasteiger partial charge in [0, 0.05) is 26.2 Å². The first-order chi connectivity index (χ1) is 16.7. The second-order valence-corrected chi connectivity index (χ2v) is 10.0. The van der Waals surface area contributed by atoms with E-state index >= 15 is 0 Å². The maximum absolute atomic E-state index is 13.8. The van der Waals surface area contributed by atoms with Crippen LogP contribution in [0.4, 0.5) is 14.5 Å². The van der Waals surface area contributed by atoms with Crippen LogP contribution in [0.5, 0.6) is 0 Å². The molecule has 2 N–H and O–H groups in total. The lowest BCUT2D eigenvalue weighted by Crippen LogP contribution is -2.56. The van der Waals surface area contributed by atoms with Gasteiger partial charge in [-0.25, -0.2) is 6.57 Å². The molecule has 1 spiro atoms. The third-order valence-corrected chi connectivity index (χ3v) is 6.80. The fourth-order valence-corrected chi connectivity index (χ4v) is 4.86. The fourth-order valence-electron chi connectivity index (χ4n) is 4.86. The van der Waals surface area contributed by atoms with Gasteiger partial charge in [0.1, 0.15) is 17.5 Å². The van der Waals surface area contributed by atoms with E-state index in [-0.39, 0.29) is 31.2 Å². The van der Waals surface area contributed by atoms with Gasteiger partial charge in [0.2, 0.25) is 11.8 Å². The largest absolute Gasteiger partial charge is 0.339 e. The number of halogens is 2. The number of alkyl halides is 2. The van der Waals surface area contributed by atoms with Gasteiger partial charge in [-0.3, -0.25) is 28.9 Å². The Kier molecular flexibility index (Phi) is 7.39. The Bertz CT molecular complexity index is 1110. The van der Waals surface area contributed by atoms with Gasteiger partial charge in [-0.15, -0.1) is 0 Å². The van der Waals surface area contributed by atoms with Gasteiger partial charge >= 0.3 is 12.1 Å². The lowest BCUT2D eigenvalue weighted by Gasteiger charge is -2.33. The zero-order valence-electron chi connectivity index (χ0n) is 21.0. The average Bonchev–Trinajstić information content (AvgIpc) is 3.33. The number of likely N-dealkylation sites (tertiary alicyclic amines) is 1. The molecule has 0 aromatic heterocycles. The summed E-state index contributed by atoms with van der Waals surface area (Å²) in [5.41, 5.74) is 0.296. The predicted molar refractivity (Wildman–Crippen MR) is 128 cm³/mol. The van der Waals surface area contributed by atoms with Gasteiger partial charge in [0.05, 0.1) is 6.42 Å². The molecule has 2 aliphatic heterocycles. The first-order valence-corrected chi connectivity index (χ1v) is 11.8. The van der Waals surface area contributed by atoms with Crippen molar-refractivity contribution >= 4 is 29.3 Å². The first-order valence-electron chi connectivity index (χ1n) is 11.8. The number of carbonyl (C=O) groups is 4. The lowest BCUT2D eigenvalue weighted by atomic mass is 9.80. The van der Waals surface area contributed by atoms with Crippen molar-refractivity contribution in [3.63, 3.8) is 0 Å². The number of amides is 4. The van der Waals surface area contributed by atoms with Crippen LogP contribution in [0.3, 0.4) is 0 Å². The number of nitrogens with one attached hydrogen (secondary N) is 2. The zero-order chi connectivity index (χ0) is 27.0. The molecule has 4 atom stereocenters. The van der Waals surface area contributed by atoms with Crippen molar-refractivity contribution in [3.05, 3.63) is 41.2 Å². The van der Waals surface area contributed by atoms with Crippen molar-refractivity contribution in [2.24, 2.45) is 5.92 Å². The lowest BCUT2D eigenvalue weighted by molar-refractivity contribution is -0.150. The summed E-state index contributed by atoms with van der Waals surface area (Å²) >= 11 is 0. The van der Waals surface area contributed by atoms with Crippen molar-refractivity contribution in [1.82, 2.24) is 15.1 Å². The molecule has 4 amide bonds. The molecule has 2 aliphatic rings. The van der Waals surface area contributed by atoms with Crippen LogP contribution < -0.4 is 10.6 Å². The zero-order valence-corrected chi connectivity index (χ0v) is 21.0. The third-order valence-electron chi connectivity index (χ3n) is 6.80. The van der Waals surface area contributed by atoms with Gasteiger partial charge in [-0.1, -0.05) is 32.0 Å². The highest BCUT2D eigenvalue weighted by Gasteiger charge is 2.59. The molecule has 11 heteroatoms. The van der Waals surface area contributed by atoms with E-state index in [1.54, 1.807) is 24.3 Å². The van der Waals surface area contributed by atoms with Crippen LogP contribution in [0, 0.1) is 12.5 Å². The highest BCUT2D eigenvalue weighted by atomic mass is 19.3. The number of hydrogen-bond donors (Lipinski definition) is 2. The number of para-hydroxylation sites is 1. The normalized spacial score (nSPS) is 22.6. The molecule has 194 valence electrons. The van der Waals surface area contributed by atoms with Crippen LogP contribution in [0.25, 0.3) is 4.85 Å². The van der Waals surface area contributed by atoms with E-state index in [9.17, 15) is 28.0 Å². The topological polar surface area (TPSA) is 103 Å². The second-order valence-electron chi connectivity index (χ2n) is 10.0. The molecular weight excluding hydrogens is 472 g/mol. The maximum atomic E-state index is 13.8. The summed E-state index contributed by atoms with van der Waals surface area (Å²) in [6.07, 6.45) is -0.554. The quantitative estimate of drug-likeness (QED) is 0.558. The summed E-state index contributed by atoms with van der Waals surface area (Å²) in [4.78, 5) is 57.6. The number of likely N-dealkylation sites (N-methyl/N-ethyl adjacent to an activating group) is 1. The summed E-state index contributed by atoms with van der Waals surface area (Å²) < 4.78 is 26.6. The fraction of sp³-hybridized carbons (Fsp3) is 0.560. The van der Waals surface area contributed by atoms with E-state index in [2.05, 4.69) is 10.2 Å². The minimum atomic E-state index is -3.66. The third kappa shape index (κ3) is 4.90. The molecule has 0 bridgehead atoms. The summed E-state index contributed by atoms with van der Waals surface area (Å²) in [6.45, 7) is 13.1. The molecular formula is C25H31F2N5O4. The number of anilines is 1. The van der Waals surface area contributed by atoms with Gasteiger partial charge in [-0.05, 0) is 30.9 Å². The van der Waals surface area contributed by atoms with E-state index in [0.717, 1.165) is 10.5 Å². The van der Waals surface area contributed by atoms with Crippen LogP contribution in [0.1, 0.15) is 46.1 Å². The number of rotatable bonds is 7. The molecule has 0 aliphatic carbocycles. The summed E-state index contributed by atoms with van der Waals surface area (Å²) in [6, 6.07) is 4.83. The molecule has 0 radical (unpaired) electrons. The van der Waals surface area contributed by atoms with Crippen molar-refractivity contribution in [1.29, 1.82) is 0 Å². The number of nitrogens with zero attached hydrogens (tertiary/aromatic N) is 3. The minimum Gasteiger partial charge on any atom is -0.339 e. The molecule has 9 nitrogen and oxygen atoms in total. The van der Waals surface area contributed by atoms with E-state index < -0.39 is 47.3 Å². The Morgan fingerprint density at radius 3 is 2.53 bits per heavy atom. The van der Waals surface area contributed by atoms with Crippen molar-refractivity contribution in [3.8, 4) is 0 Å². The molecule has 0 unspecified atom stereocenters. The van der Waals surface area contributed by atoms with Gasteiger partial charge < -0.3 is 15.5 Å². The van der Waals surface area contributed by atoms with Crippen LogP contribution in [0.2, 0.25) is 0 Å². The van der Waals surface area contributed by atoms with Crippen LogP contribution >= 0.6 is 0 Å². The van der Waals surface area contributed by atoms with Crippen LogP contribution in [0.15, 0.2) is 24.3 Å². The standard InChI is InChI=1S/C25H31F2N5O4/c1-14(2)11-18(31(6)20(33)15(3)29-22(35)24(4,26)27)21(34)32-13-25(12-19(32)28-5)16-9-7-8-10-17(16)30-23(25)36/h7-10,14-15,18-19H,11-13H2,1-4,6H3,(H,29,35)(H,30,36)/t15-,18-,19-,25-/m0/s1. The van der Waals surface area contributed by atoms with Gasteiger partial charge in [-0.2, -0.15) is 8.78 Å². The molecule has 1 aromatic carbocycles. The van der Waals surface area contributed by atoms with Crippen molar-refractivity contribution in [2.45, 2.75) is 70.1 Å². The number of hydrogen-bond acceptors (Lipinski definition) is 4. The Morgan fingerprint density at radius 1 is 1.31 bits per heavy atom. The Morgan fingerprint density at radius 2 is 1.94 bits per heavy atom. The molecule has 36 heavy (non-hydrogen) atoms. The summed E-state index contributed by atoms with van der Waals surface area (Å²) in [5, 5.41) is 4.82. The maximum Gasteiger partial charge on any atom is 0.321 e. The molecule has 0 saturated carbocycles. The highest BCUT2D eigenvalue weighted by molar-refractivity contribution is 6.07. The number of fused-ring (bicyclic) bond motifs is 2. The van der Waals surface area contributed by atoms with E-state index in [0.29, 0.717) is 12.6 Å². The van der Waals surface area contributed by atoms with E-state index in [4.69, 9.17) is 6.57 Å². The molecule has 1 fully saturated rings. The number of benzene rings is 1. The summed E-state index contributed by atoms with van der Waals surface area (Å²) in [5.74, 6) is -6.79. The van der Waals surface area contributed by atoms with Crippen LogP contribution in [-0.2, 0) is 24.6 Å². The molecule has 1 saturated heterocycles. The van der Waals surface area contributed by atoms with Crippen molar-refractivity contribution < 1.29 is 28.0 Å². The Hall–Kier alpha value is -3.55. The van der Waals surface area contributed by atoms with Crippen LogP contribution in [-0.4, -0.2) is 71.2 Å². The highest BCUT2D eigenvalue weighted by Crippen LogP contribution is 2.47. The first kappa shape index (κ1) is 27.0. The van der Waals surface area contributed by atoms with E-state index in [1.807, 2.05) is 19.2 Å². The molecule has 2 heterocycles. The Balaban J connectivity index is 1.88. The monoisotopic (exact) mass is 503 g/mol. The molecule has 1 aromatic rings. The Labute approximate surface area is 209 Å². The molecule has 3 rings (SSSR count). The average molecular weight is 504 g/mol. The minimum absolute atomic E-state index is 0.0211. The predicted octanol–water partition coefficient (Wildman–Crippen LogP) is 2.39. The SMILES string of the molecule is [C-]#[N+][C@@H]1C[C@@]2(CN1C(=O)[C@H](CC(C)C)N(C)C(=O)[C@H](C)NC(=O)C(C)(F)F)C(=O)Nc1ccccc12. The summed E-state index contributed by atoms with van der Waals surface area (Å²) in [7, 11) is 1.37. The van der Waals surface area contributed by atoms with E-state index in [1.165, 1.54) is 18.9 Å². The van der Waals surface area contributed by atoms with Gasteiger partial charge in [0.25, 0.3) is 11.8 Å². The van der Waals surface area contributed by atoms with Crippen molar-refractivity contribution in [2.75, 3.05) is 18.9 Å². The van der Waals surface area contributed by atoms with Gasteiger partial charge in [0.15, 0.2) is 0 Å².